The van der Waals surface area contributed by atoms with Crippen LogP contribution in [0.2, 0.25) is 0 Å². The predicted molar refractivity (Wildman–Crippen MR) is 186 cm³/mol. The lowest BCUT2D eigenvalue weighted by Gasteiger charge is -2.12. The van der Waals surface area contributed by atoms with Gasteiger partial charge in [0, 0.05) is 12.8 Å². The van der Waals surface area contributed by atoms with Crippen LogP contribution in [-0.2, 0) is 19.1 Å². The highest BCUT2D eigenvalue weighted by molar-refractivity contribution is 5.69. The maximum absolute atomic E-state index is 11.9. The van der Waals surface area contributed by atoms with Gasteiger partial charge >= 0.3 is 11.9 Å². The van der Waals surface area contributed by atoms with Crippen molar-refractivity contribution in [3.63, 3.8) is 0 Å². The van der Waals surface area contributed by atoms with E-state index in [1.807, 2.05) is 0 Å². The van der Waals surface area contributed by atoms with Crippen molar-refractivity contribution in [2.24, 2.45) is 0 Å². The number of ether oxygens (including phenoxy) is 2. The molecule has 0 fully saturated rings. The molecule has 0 aliphatic carbocycles. The van der Waals surface area contributed by atoms with Crippen LogP contribution >= 0.6 is 0 Å². The summed E-state index contributed by atoms with van der Waals surface area (Å²) >= 11 is 0. The first kappa shape index (κ1) is 41.3. The quantitative estimate of drug-likeness (QED) is 0.0496. The number of aliphatic hydroxyl groups excluding tert-OH is 1. The van der Waals surface area contributed by atoms with Gasteiger partial charge in [0.2, 0.25) is 0 Å². The van der Waals surface area contributed by atoms with Crippen molar-refractivity contribution in [2.75, 3.05) is 13.2 Å². The number of carbonyl (C=O) groups excluding carboxylic acids is 2. The Kier molecular flexibility index (Phi) is 32.7. The van der Waals surface area contributed by atoms with Crippen molar-refractivity contribution in [3.05, 3.63) is 72.9 Å². The zero-order chi connectivity index (χ0) is 32.2. The van der Waals surface area contributed by atoms with Crippen molar-refractivity contribution >= 4 is 11.9 Å². The first-order valence-electron chi connectivity index (χ1n) is 17.5. The molecule has 0 bridgehead atoms. The summed E-state index contributed by atoms with van der Waals surface area (Å²) in [6.07, 6.45) is 45.2. The lowest BCUT2D eigenvalue weighted by atomic mass is 10.1. The first-order chi connectivity index (χ1) is 21.6. The summed E-state index contributed by atoms with van der Waals surface area (Å²) < 4.78 is 10.3. The van der Waals surface area contributed by atoms with E-state index in [4.69, 9.17) is 9.47 Å². The number of carbonyl (C=O) groups is 2. The fourth-order valence-corrected chi connectivity index (χ4v) is 4.35. The van der Waals surface area contributed by atoms with Crippen molar-refractivity contribution < 1.29 is 24.2 Å². The predicted octanol–water partition coefficient (Wildman–Crippen LogP) is 10.6. The van der Waals surface area contributed by atoms with E-state index in [1.54, 1.807) is 0 Å². The number of hydrogen-bond donors (Lipinski definition) is 1. The van der Waals surface area contributed by atoms with E-state index in [0.717, 1.165) is 103 Å². The molecule has 0 aromatic rings. The number of allylic oxidation sites excluding steroid dienone is 12. The highest BCUT2D eigenvalue weighted by Crippen LogP contribution is 2.10. The van der Waals surface area contributed by atoms with Crippen LogP contribution in [0.1, 0.15) is 142 Å². The third kappa shape index (κ3) is 33.8. The van der Waals surface area contributed by atoms with Crippen molar-refractivity contribution in [1.29, 1.82) is 0 Å². The molecule has 5 nitrogen and oxygen atoms in total. The molecule has 0 amide bonds. The van der Waals surface area contributed by atoms with Crippen LogP contribution in [0, 0.1) is 0 Å². The van der Waals surface area contributed by atoms with Crippen LogP contribution in [0.4, 0.5) is 0 Å². The van der Waals surface area contributed by atoms with E-state index < -0.39 is 6.10 Å². The summed E-state index contributed by atoms with van der Waals surface area (Å²) in [6.45, 7) is 4.02. The molecular weight excluding hydrogens is 548 g/mol. The molecule has 0 atom stereocenters. The Balaban J connectivity index is 3.53. The van der Waals surface area contributed by atoms with Crippen LogP contribution in [0.3, 0.4) is 0 Å². The Morgan fingerprint density at radius 1 is 0.477 bits per heavy atom. The molecule has 0 unspecified atom stereocenters. The number of hydrogen-bond acceptors (Lipinski definition) is 5. The van der Waals surface area contributed by atoms with E-state index in [0.29, 0.717) is 12.8 Å². The molecule has 1 N–H and O–H groups in total. The zero-order valence-corrected chi connectivity index (χ0v) is 28.1. The minimum absolute atomic E-state index is 0.135. The van der Waals surface area contributed by atoms with Gasteiger partial charge in [-0.05, 0) is 77.0 Å². The standard InChI is InChI=1S/C39H64O5/c1-3-5-7-9-11-13-15-17-19-21-23-25-27-29-31-33-38(41)43-35-37(40)36-44-39(42)34-32-30-28-26-24-22-20-18-16-14-12-10-8-6-4-2/h5-8,11-14,17-20,37,40H,3-4,9-10,15-16,21-36H2,1-2H3/b7-5+,8-6+,13-11+,14-12+,19-17+,20-18+. The Morgan fingerprint density at radius 3 is 1.18 bits per heavy atom. The van der Waals surface area contributed by atoms with E-state index in [1.165, 1.54) is 12.8 Å². The molecule has 0 aromatic heterocycles. The summed E-state index contributed by atoms with van der Waals surface area (Å²) in [5.74, 6) is -0.612. The molecule has 0 saturated heterocycles. The lowest BCUT2D eigenvalue weighted by Crippen LogP contribution is -2.25. The van der Waals surface area contributed by atoms with E-state index in [9.17, 15) is 14.7 Å². The molecule has 0 aliphatic heterocycles. The second-order valence-corrected chi connectivity index (χ2v) is 11.2. The molecule has 250 valence electrons. The third-order valence-corrected chi connectivity index (χ3v) is 6.94. The van der Waals surface area contributed by atoms with E-state index in [-0.39, 0.29) is 25.2 Å². The van der Waals surface area contributed by atoms with Crippen LogP contribution in [0.25, 0.3) is 0 Å². The van der Waals surface area contributed by atoms with Gasteiger partial charge in [-0.2, -0.15) is 0 Å². The molecule has 0 heterocycles. The van der Waals surface area contributed by atoms with Gasteiger partial charge in [-0.15, -0.1) is 0 Å². The Bertz CT molecular complexity index is 765. The second-order valence-electron chi connectivity index (χ2n) is 11.2. The molecule has 0 aromatic carbocycles. The summed E-state index contributed by atoms with van der Waals surface area (Å²) in [6, 6.07) is 0. The fourth-order valence-electron chi connectivity index (χ4n) is 4.35. The number of esters is 2. The average molecular weight is 613 g/mol. The molecule has 5 heteroatoms. The molecule has 0 saturated carbocycles. The first-order valence-corrected chi connectivity index (χ1v) is 17.5. The topological polar surface area (TPSA) is 72.8 Å². The minimum Gasteiger partial charge on any atom is -0.463 e. The maximum Gasteiger partial charge on any atom is 0.305 e. The Hall–Kier alpha value is -2.66. The van der Waals surface area contributed by atoms with Gasteiger partial charge < -0.3 is 14.6 Å². The van der Waals surface area contributed by atoms with Crippen molar-refractivity contribution in [3.8, 4) is 0 Å². The summed E-state index contributed by atoms with van der Waals surface area (Å²) in [5, 5.41) is 9.98. The van der Waals surface area contributed by atoms with Gasteiger partial charge in [-0.3, -0.25) is 9.59 Å². The maximum atomic E-state index is 11.9. The Morgan fingerprint density at radius 2 is 0.795 bits per heavy atom. The Labute approximate surface area is 270 Å². The SMILES string of the molecule is CC/C=C/C/C=C/C/C=C/CCCCCCCC(=O)OCC(O)COC(=O)CCCCCCC/C=C/C/C=C/C/C=C/CC. The molecule has 0 spiro atoms. The lowest BCUT2D eigenvalue weighted by molar-refractivity contribution is -0.152. The minimum atomic E-state index is -0.981. The molecule has 0 aliphatic rings. The van der Waals surface area contributed by atoms with E-state index >= 15 is 0 Å². The highest BCUT2D eigenvalue weighted by atomic mass is 16.6. The summed E-state index contributed by atoms with van der Waals surface area (Å²) in [4.78, 5) is 23.8. The number of aliphatic hydroxyl groups is 1. The van der Waals surface area contributed by atoms with Crippen LogP contribution < -0.4 is 0 Å². The third-order valence-electron chi connectivity index (χ3n) is 6.94. The molecule has 0 rings (SSSR count). The monoisotopic (exact) mass is 612 g/mol. The summed E-state index contributed by atoms with van der Waals surface area (Å²) in [7, 11) is 0. The van der Waals surface area contributed by atoms with Gasteiger partial charge in [-0.25, -0.2) is 0 Å². The van der Waals surface area contributed by atoms with Gasteiger partial charge in [0.15, 0.2) is 0 Å². The number of unbranched alkanes of at least 4 members (excludes halogenated alkanes) is 10. The van der Waals surface area contributed by atoms with Crippen LogP contribution in [0.15, 0.2) is 72.9 Å². The summed E-state index contributed by atoms with van der Waals surface area (Å²) in [5.41, 5.74) is 0. The zero-order valence-electron chi connectivity index (χ0n) is 28.1. The second kappa shape index (κ2) is 34.8. The smallest absolute Gasteiger partial charge is 0.305 e. The molecule has 0 radical (unpaired) electrons. The van der Waals surface area contributed by atoms with Crippen LogP contribution in [0.5, 0.6) is 0 Å². The van der Waals surface area contributed by atoms with Gasteiger partial charge in [0.05, 0.1) is 0 Å². The average Bonchev–Trinajstić information content (AvgIpc) is 3.02. The van der Waals surface area contributed by atoms with Gasteiger partial charge in [0.25, 0.3) is 0 Å². The number of rotatable bonds is 30. The van der Waals surface area contributed by atoms with Crippen LogP contribution in [-0.4, -0.2) is 36.4 Å². The van der Waals surface area contributed by atoms with Crippen molar-refractivity contribution in [2.45, 2.75) is 148 Å². The largest absolute Gasteiger partial charge is 0.463 e. The molecular formula is C39H64O5. The van der Waals surface area contributed by atoms with Crippen molar-refractivity contribution in [1.82, 2.24) is 0 Å². The van der Waals surface area contributed by atoms with Gasteiger partial charge in [0.1, 0.15) is 19.3 Å². The van der Waals surface area contributed by atoms with Gasteiger partial charge in [-0.1, -0.05) is 125 Å². The van der Waals surface area contributed by atoms with E-state index in [2.05, 4.69) is 86.8 Å². The normalized spacial score (nSPS) is 12.5. The molecule has 44 heavy (non-hydrogen) atoms. The fraction of sp³-hybridized carbons (Fsp3) is 0.641. The highest BCUT2D eigenvalue weighted by Gasteiger charge is 2.12.